The SMILES string of the molecule is COCCN(Cc1cccn1Cc1ccccc1)C(=O)CN(C(=O)CC(C)C)C1CCCCC1. The van der Waals surface area contributed by atoms with Crippen molar-refractivity contribution in [3.63, 3.8) is 0 Å². The summed E-state index contributed by atoms with van der Waals surface area (Å²) in [6, 6.07) is 14.6. The molecule has 0 bridgehead atoms. The first-order valence-electron chi connectivity index (χ1n) is 12.7. The van der Waals surface area contributed by atoms with Crippen molar-refractivity contribution in [1.82, 2.24) is 14.4 Å². The van der Waals surface area contributed by atoms with E-state index < -0.39 is 0 Å². The summed E-state index contributed by atoms with van der Waals surface area (Å²) in [5.74, 6) is 0.376. The molecule has 0 unspecified atom stereocenters. The average Bonchev–Trinajstić information content (AvgIpc) is 3.27. The Kier molecular flexibility index (Phi) is 10.2. The summed E-state index contributed by atoms with van der Waals surface area (Å²) < 4.78 is 7.49. The van der Waals surface area contributed by atoms with Crippen LogP contribution in [0.2, 0.25) is 0 Å². The van der Waals surface area contributed by atoms with Gasteiger partial charge in [0.1, 0.15) is 6.54 Å². The van der Waals surface area contributed by atoms with Crippen molar-refractivity contribution in [2.75, 3.05) is 26.8 Å². The molecule has 0 atom stereocenters. The van der Waals surface area contributed by atoms with Crippen LogP contribution in [0.3, 0.4) is 0 Å². The topological polar surface area (TPSA) is 54.8 Å². The third-order valence-electron chi connectivity index (χ3n) is 6.61. The number of carbonyl (C=O) groups excluding carboxylic acids is 2. The average molecular weight is 468 g/mol. The minimum Gasteiger partial charge on any atom is -0.383 e. The Labute approximate surface area is 204 Å². The minimum absolute atomic E-state index is 0.00723. The van der Waals surface area contributed by atoms with E-state index in [1.165, 1.54) is 12.0 Å². The van der Waals surface area contributed by atoms with E-state index in [-0.39, 0.29) is 30.3 Å². The summed E-state index contributed by atoms with van der Waals surface area (Å²) in [4.78, 5) is 30.4. The van der Waals surface area contributed by atoms with Crippen LogP contribution in [0.1, 0.15) is 63.6 Å². The van der Waals surface area contributed by atoms with Gasteiger partial charge in [-0.15, -0.1) is 0 Å². The van der Waals surface area contributed by atoms with Gasteiger partial charge in [-0.2, -0.15) is 0 Å². The number of amides is 2. The summed E-state index contributed by atoms with van der Waals surface area (Å²) in [6.07, 6.45) is 8.01. The van der Waals surface area contributed by atoms with E-state index in [1.54, 1.807) is 7.11 Å². The molecule has 6 heteroatoms. The summed E-state index contributed by atoms with van der Waals surface area (Å²) in [5.41, 5.74) is 2.29. The van der Waals surface area contributed by atoms with Gasteiger partial charge in [0.25, 0.3) is 0 Å². The first-order chi connectivity index (χ1) is 16.5. The van der Waals surface area contributed by atoms with Gasteiger partial charge in [-0.1, -0.05) is 63.4 Å². The predicted molar refractivity (Wildman–Crippen MR) is 135 cm³/mol. The Hall–Kier alpha value is -2.60. The number of hydrogen-bond acceptors (Lipinski definition) is 3. The molecule has 1 aromatic heterocycles. The van der Waals surface area contributed by atoms with Crippen LogP contribution in [0.15, 0.2) is 48.7 Å². The maximum atomic E-state index is 13.6. The van der Waals surface area contributed by atoms with Gasteiger partial charge in [-0.3, -0.25) is 9.59 Å². The van der Waals surface area contributed by atoms with Crippen LogP contribution in [0.4, 0.5) is 0 Å². The van der Waals surface area contributed by atoms with E-state index >= 15 is 0 Å². The molecule has 186 valence electrons. The second-order valence-corrected chi connectivity index (χ2v) is 9.83. The molecule has 1 aliphatic carbocycles. The predicted octanol–water partition coefficient (Wildman–Crippen LogP) is 4.72. The van der Waals surface area contributed by atoms with Gasteiger partial charge in [-0.05, 0) is 36.5 Å². The van der Waals surface area contributed by atoms with Gasteiger partial charge in [0.2, 0.25) is 11.8 Å². The zero-order valence-corrected chi connectivity index (χ0v) is 21.1. The fourth-order valence-corrected chi connectivity index (χ4v) is 4.74. The highest BCUT2D eigenvalue weighted by Gasteiger charge is 2.29. The lowest BCUT2D eigenvalue weighted by atomic mass is 9.93. The molecule has 0 N–H and O–H groups in total. The molecule has 2 aromatic rings. The van der Waals surface area contributed by atoms with Crippen LogP contribution >= 0.6 is 0 Å². The van der Waals surface area contributed by atoms with E-state index in [0.717, 1.165) is 37.9 Å². The smallest absolute Gasteiger partial charge is 0.242 e. The first-order valence-corrected chi connectivity index (χ1v) is 12.7. The van der Waals surface area contributed by atoms with E-state index in [4.69, 9.17) is 4.74 Å². The van der Waals surface area contributed by atoms with Crippen molar-refractivity contribution in [3.05, 3.63) is 59.9 Å². The molecular formula is C28H41N3O3. The normalized spacial score (nSPS) is 14.4. The summed E-state index contributed by atoms with van der Waals surface area (Å²) >= 11 is 0. The molecule has 3 rings (SSSR count). The molecule has 0 saturated heterocycles. The Bertz CT molecular complexity index is 887. The standard InChI is InChI=1S/C28H41N3O3/c1-23(2)19-27(32)31(25-13-8-5-9-14-25)22-28(33)30(17-18-34-3)21-26-15-10-16-29(26)20-24-11-6-4-7-12-24/h4,6-7,10-12,15-16,23,25H,5,8-9,13-14,17-22H2,1-3H3. The van der Waals surface area contributed by atoms with Gasteiger partial charge in [0.05, 0.1) is 13.2 Å². The monoisotopic (exact) mass is 467 g/mol. The Morgan fingerprint density at radius 2 is 1.76 bits per heavy atom. The van der Waals surface area contributed by atoms with Crippen LogP contribution in [0.25, 0.3) is 0 Å². The van der Waals surface area contributed by atoms with Crippen molar-refractivity contribution in [2.45, 2.75) is 71.5 Å². The zero-order chi connectivity index (χ0) is 24.3. The Balaban J connectivity index is 1.73. The zero-order valence-electron chi connectivity index (χ0n) is 21.1. The first kappa shape index (κ1) is 26.0. The molecule has 2 amide bonds. The summed E-state index contributed by atoms with van der Waals surface area (Å²) in [5, 5.41) is 0. The van der Waals surface area contributed by atoms with Crippen molar-refractivity contribution < 1.29 is 14.3 Å². The van der Waals surface area contributed by atoms with E-state index in [0.29, 0.717) is 26.1 Å². The highest BCUT2D eigenvalue weighted by atomic mass is 16.5. The molecular weight excluding hydrogens is 426 g/mol. The van der Waals surface area contributed by atoms with Crippen LogP contribution < -0.4 is 0 Å². The van der Waals surface area contributed by atoms with Crippen LogP contribution in [0, 0.1) is 5.92 Å². The number of nitrogens with zero attached hydrogens (tertiary/aromatic N) is 3. The summed E-state index contributed by atoms with van der Waals surface area (Å²) in [7, 11) is 1.65. The Morgan fingerprint density at radius 1 is 1.03 bits per heavy atom. The highest BCUT2D eigenvalue weighted by Crippen LogP contribution is 2.24. The summed E-state index contributed by atoms with van der Waals surface area (Å²) in [6.45, 7) is 6.50. The van der Waals surface area contributed by atoms with Crippen LogP contribution in [-0.4, -0.2) is 59.0 Å². The second-order valence-electron chi connectivity index (χ2n) is 9.83. The second kappa shape index (κ2) is 13.3. The van der Waals surface area contributed by atoms with E-state index in [2.05, 4.69) is 42.8 Å². The third kappa shape index (κ3) is 7.73. The number of hydrogen-bond donors (Lipinski definition) is 0. The quantitative estimate of drug-likeness (QED) is 0.454. The van der Waals surface area contributed by atoms with Gasteiger partial charge in [0.15, 0.2) is 0 Å². The third-order valence-corrected chi connectivity index (χ3v) is 6.61. The minimum atomic E-state index is -0.00723. The Morgan fingerprint density at radius 3 is 2.44 bits per heavy atom. The number of methoxy groups -OCH3 is 1. The maximum Gasteiger partial charge on any atom is 0.242 e. The van der Waals surface area contributed by atoms with Crippen molar-refractivity contribution >= 4 is 11.8 Å². The van der Waals surface area contributed by atoms with Crippen molar-refractivity contribution in [2.24, 2.45) is 5.92 Å². The van der Waals surface area contributed by atoms with Gasteiger partial charge >= 0.3 is 0 Å². The number of benzene rings is 1. The maximum absolute atomic E-state index is 13.6. The molecule has 1 fully saturated rings. The lowest BCUT2D eigenvalue weighted by Crippen LogP contribution is -2.49. The molecule has 0 spiro atoms. The van der Waals surface area contributed by atoms with Gasteiger partial charge in [-0.25, -0.2) is 0 Å². The van der Waals surface area contributed by atoms with Crippen molar-refractivity contribution in [1.29, 1.82) is 0 Å². The fourth-order valence-electron chi connectivity index (χ4n) is 4.74. The lowest BCUT2D eigenvalue weighted by molar-refractivity contribution is -0.144. The number of aromatic nitrogens is 1. The van der Waals surface area contributed by atoms with Crippen molar-refractivity contribution in [3.8, 4) is 0 Å². The molecule has 1 heterocycles. The van der Waals surface area contributed by atoms with Gasteiger partial charge < -0.3 is 19.1 Å². The molecule has 1 aliphatic rings. The molecule has 6 nitrogen and oxygen atoms in total. The molecule has 34 heavy (non-hydrogen) atoms. The van der Waals surface area contributed by atoms with E-state index in [1.807, 2.05) is 34.1 Å². The largest absolute Gasteiger partial charge is 0.383 e. The number of ether oxygens (including phenoxy) is 1. The number of carbonyl (C=O) groups is 2. The molecule has 1 saturated carbocycles. The van der Waals surface area contributed by atoms with Crippen LogP contribution in [0.5, 0.6) is 0 Å². The fraction of sp³-hybridized carbons (Fsp3) is 0.571. The molecule has 0 aliphatic heterocycles. The van der Waals surface area contributed by atoms with Crippen LogP contribution in [-0.2, 0) is 27.4 Å². The highest BCUT2D eigenvalue weighted by molar-refractivity contribution is 5.85. The molecule has 1 aromatic carbocycles. The molecule has 0 radical (unpaired) electrons. The number of rotatable bonds is 12. The van der Waals surface area contributed by atoms with E-state index in [9.17, 15) is 9.59 Å². The van der Waals surface area contributed by atoms with Gasteiger partial charge in [0, 0.05) is 44.6 Å². The lowest BCUT2D eigenvalue weighted by Gasteiger charge is -2.36.